The highest BCUT2D eigenvalue weighted by atomic mass is 35.5. The smallest absolute Gasteiger partial charge is 0.257 e. The van der Waals surface area contributed by atoms with Crippen molar-refractivity contribution in [3.05, 3.63) is 59.4 Å². The van der Waals surface area contributed by atoms with Gasteiger partial charge in [-0.3, -0.25) is 4.79 Å². The van der Waals surface area contributed by atoms with E-state index in [4.69, 9.17) is 0 Å². The molecule has 1 N–H and O–H groups in total. The summed E-state index contributed by atoms with van der Waals surface area (Å²) in [5.74, 6) is 0.0415. The fourth-order valence-electron chi connectivity index (χ4n) is 3.99. The van der Waals surface area contributed by atoms with Gasteiger partial charge in [0.25, 0.3) is 5.91 Å². The summed E-state index contributed by atoms with van der Waals surface area (Å²) >= 11 is 0. The number of halogens is 1. The van der Waals surface area contributed by atoms with Crippen molar-refractivity contribution in [2.75, 3.05) is 11.9 Å². The molecule has 5 nitrogen and oxygen atoms in total. The third kappa shape index (κ3) is 4.41. The van der Waals surface area contributed by atoms with E-state index in [-0.39, 0.29) is 24.4 Å². The molecule has 1 amide bonds. The molecule has 0 aliphatic carbocycles. The Kier molecular flexibility index (Phi) is 6.93. The molecule has 0 bridgehead atoms. The summed E-state index contributed by atoms with van der Waals surface area (Å²) < 4.78 is 0. The number of rotatable bonds is 4. The molecule has 0 radical (unpaired) electrons. The highest BCUT2D eigenvalue weighted by Crippen LogP contribution is 2.31. The standard InChI is InChI=1S/C24H28N4O.ClH/c1-4-18-9-11-19(12-10-18)27-22-20-13-8-16(2)26-23(20)25-15-21(22)24(29)28-14-6-5-7-17(28)3;/h8-13,15,17H,4-7,14H2,1-3H3,(H,25,26,27);1H. The van der Waals surface area contributed by atoms with Crippen molar-refractivity contribution in [1.82, 2.24) is 14.9 Å². The molecule has 4 rings (SSSR count). The lowest BCUT2D eigenvalue weighted by Crippen LogP contribution is -2.42. The minimum Gasteiger partial charge on any atom is -0.354 e. The Bertz CT molecular complexity index is 1040. The molecule has 1 aromatic carbocycles. The molecule has 30 heavy (non-hydrogen) atoms. The molecule has 1 fully saturated rings. The van der Waals surface area contributed by atoms with E-state index in [1.54, 1.807) is 6.20 Å². The maximum absolute atomic E-state index is 13.5. The Morgan fingerprint density at radius 3 is 2.63 bits per heavy atom. The first-order valence-corrected chi connectivity index (χ1v) is 10.5. The number of pyridine rings is 2. The maximum atomic E-state index is 13.5. The second kappa shape index (κ2) is 9.43. The summed E-state index contributed by atoms with van der Waals surface area (Å²) in [6.45, 7) is 7.03. The minimum absolute atomic E-state index is 0. The Labute approximate surface area is 184 Å². The molecule has 2 aromatic heterocycles. The van der Waals surface area contributed by atoms with Gasteiger partial charge in [0.2, 0.25) is 0 Å². The molecule has 1 atom stereocenters. The second-order valence-corrected chi connectivity index (χ2v) is 7.89. The SMILES string of the molecule is CCc1ccc(Nc2c(C(=O)N3CCCCC3C)cnc3nc(C)ccc23)cc1.Cl. The molecule has 1 aliphatic rings. The summed E-state index contributed by atoms with van der Waals surface area (Å²) in [7, 11) is 0. The summed E-state index contributed by atoms with van der Waals surface area (Å²) in [6.07, 6.45) is 5.96. The average Bonchev–Trinajstić information content (AvgIpc) is 2.74. The number of fused-ring (bicyclic) bond motifs is 1. The Morgan fingerprint density at radius 1 is 1.17 bits per heavy atom. The van der Waals surface area contributed by atoms with Gasteiger partial charge in [-0.15, -0.1) is 12.4 Å². The summed E-state index contributed by atoms with van der Waals surface area (Å²) in [4.78, 5) is 24.5. The van der Waals surface area contributed by atoms with Crippen LogP contribution in [-0.4, -0.2) is 33.4 Å². The van der Waals surface area contributed by atoms with Crippen molar-refractivity contribution in [2.45, 2.75) is 52.5 Å². The number of carbonyl (C=O) groups excluding carboxylic acids is 1. The van der Waals surface area contributed by atoms with E-state index in [0.717, 1.165) is 48.3 Å². The molecule has 1 aliphatic heterocycles. The Morgan fingerprint density at radius 2 is 1.93 bits per heavy atom. The number of nitrogens with one attached hydrogen (secondary N) is 1. The zero-order chi connectivity index (χ0) is 20.4. The van der Waals surface area contributed by atoms with E-state index < -0.39 is 0 Å². The summed E-state index contributed by atoms with van der Waals surface area (Å²) in [6, 6.07) is 12.6. The van der Waals surface area contributed by atoms with Crippen LogP contribution in [-0.2, 0) is 6.42 Å². The molecular formula is C24H29ClN4O. The van der Waals surface area contributed by atoms with Crippen LogP contribution < -0.4 is 5.32 Å². The number of aryl methyl sites for hydroxylation is 2. The monoisotopic (exact) mass is 424 g/mol. The van der Waals surface area contributed by atoms with Crippen molar-refractivity contribution in [2.24, 2.45) is 0 Å². The lowest BCUT2D eigenvalue weighted by molar-refractivity contribution is 0.0636. The number of benzene rings is 1. The molecule has 3 aromatic rings. The first kappa shape index (κ1) is 22.0. The van der Waals surface area contributed by atoms with Crippen LogP contribution in [0.25, 0.3) is 11.0 Å². The fourth-order valence-corrected chi connectivity index (χ4v) is 3.99. The van der Waals surface area contributed by atoms with Gasteiger partial charge >= 0.3 is 0 Å². The normalized spacial score (nSPS) is 16.2. The van der Waals surface area contributed by atoms with Crippen molar-refractivity contribution in [3.63, 3.8) is 0 Å². The van der Waals surface area contributed by atoms with Gasteiger partial charge in [0.1, 0.15) is 0 Å². The van der Waals surface area contributed by atoms with Crippen molar-refractivity contribution in [1.29, 1.82) is 0 Å². The van der Waals surface area contributed by atoms with Crippen LogP contribution in [0.3, 0.4) is 0 Å². The predicted octanol–water partition coefficient (Wildman–Crippen LogP) is 5.68. The first-order valence-electron chi connectivity index (χ1n) is 10.5. The Hall–Kier alpha value is -2.66. The van der Waals surface area contributed by atoms with Crippen molar-refractivity contribution < 1.29 is 4.79 Å². The minimum atomic E-state index is 0. The van der Waals surface area contributed by atoms with Crippen LogP contribution in [0.2, 0.25) is 0 Å². The van der Waals surface area contributed by atoms with Gasteiger partial charge < -0.3 is 10.2 Å². The summed E-state index contributed by atoms with van der Waals surface area (Å²) in [5.41, 5.74) is 5.20. The number of aromatic nitrogens is 2. The van der Waals surface area contributed by atoms with Crippen LogP contribution >= 0.6 is 12.4 Å². The van der Waals surface area contributed by atoms with Crippen LogP contribution in [0.1, 0.15) is 54.7 Å². The van der Waals surface area contributed by atoms with Gasteiger partial charge in [-0.25, -0.2) is 9.97 Å². The summed E-state index contributed by atoms with van der Waals surface area (Å²) in [5, 5.41) is 4.36. The lowest BCUT2D eigenvalue weighted by Gasteiger charge is -2.34. The van der Waals surface area contributed by atoms with Crippen molar-refractivity contribution in [3.8, 4) is 0 Å². The van der Waals surface area contributed by atoms with Crippen LogP contribution in [0.15, 0.2) is 42.6 Å². The quantitative estimate of drug-likeness (QED) is 0.585. The largest absolute Gasteiger partial charge is 0.354 e. The van der Waals surface area contributed by atoms with Gasteiger partial charge in [-0.05, 0) is 69.4 Å². The molecular weight excluding hydrogens is 396 g/mol. The molecule has 6 heteroatoms. The number of likely N-dealkylation sites (tertiary alicyclic amines) is 1. The van der Waals surface area contributed by atoms with Gasteiger partial charge in [-0.1, -0.05) is 19.1 Å². The number of carbonyl (C=O) groups is 1. The molecule has 0 saturated carbocycles. The molecule has 1 saturated heterocycles. The number of piperidine rings is 1. The zero-order valence-electron chi connectivity index (χ0n) is 17.8. The van der Waals surface area contributed by atoms with Crippen LogP contribution in [0.5, 0.6) is 0 Å². The van der Waals surface area contributed by atoms with Gasteiger partial charge in [0.15, 0.2) is 5.65 Å². The van der Waals surface area contributed by atoms with E-state index in [0.29, 0.717) is 11.2 Å². The highest BCUT2D eigenvalue weighted by Gasteiger charge is 2.27. The zero-order valence-corrected chi connectivity index (χ0v) is 18.6. The molecule has 0 spiro atoms. The van der Waals surface area contributed by atoms with Gasteiger partial charge in [0, 0.05) is 35.6 Å². The number of amides is 1. The van der Waals surface area contributed by atoms with Crippen LogP contribution in [0.4, 0.5) is 11.4 Å². The van der Waals surface area contributed by atoms with E-state index in [1.165, 1.54) is 12.0 Å². The molecule has 1 unspecified atom stereocenters. The number of anilines is 2. The number of hydrogen-bond acceptors (Lipinski definition) is 4. The molecule has 158 valence electrons. The fraction of sp³-hybridized carbons (Fsp3) is 0.375. The first-order chi connectivity index (χ1) is 14.1. The van der Waals surface area contributed by atoms with Gasteiger partial charge in [-0.2, -0.15) is 0 Å². The average molecular weight is 425 g/mol. The Balaban J connectivity index is 0.00000256. The van der Waals surface area contributed by atoms with Crippen LogP contribution in [0, 0.1) is 6.92 Å². The second-order valence-electron chi connectivity index (χ2n) is 7.89. The maximum Gasteiger partial charge on any atom is 0.257 e. The van der Waals surface area contributed by atoms with E-state index in [1.807, 2.05) is 24.0 Å². The van der Waals surface area contributed by atoms with E-state index >= 15 is 0 Å². The van der Waals surface area contributed by atoms with E-state index in [2.05, 4.69) is 53.4 Å². The lowest BCUT2D eigenvalue weighted by atomic mass is 10.0. The van der Waals surface area contributed by atoms with E-state index in [9.17, 15) is 4.79 Å². The highest BCUT2D eigenvalue weighted by molar-refractivity contribution is 6.07. The third-order valence-corrected chi connectivity index (χ3v) is 5.79. The molecule has 3 heterocycles. The third-order valence-electron chi connectivity index (χ3n) is 5.79. The number of nitrogens with zero attached hydrogens (tertiary/aromatic N) is 3. The van der Waals surface area contributed by atoms with Crippen molar-refractivity contribution >= 4 is 40.7 Å². The number of hydrogen-bond donors (Lipinski definition) is 1. The van der Waals surface area contributed by atoms with Gasteiger partial charge in [0.05, 0.1) is 11.3 Å². The topological polar surface area (TPSA) is 58.1 Å². The predicted molar refractivity (Wildman–Crippen MR) is 125 cm³/mol.